The van der Waals surface area contributed by atoms with E-state index in [0.717, 1.165) is 40.7 Å². The Morgan fingerprint density at radius 3 is 2.79 bits per heavy atom. The molecule has 0 aromatic heterocycles. The Hall–Kier alpha value is -2.28. The summed E-state index contributed by atoms with van der Waals surface area (Å²) in [4.78, 5) is 25.9. The molecule has 0 saturated carbocycles. The van der Waals surface area contributed by atoms with Crippen LogP contribution in [0.1, 0.15) is 51.0 Å². The van der Waals surface area contributed by atoms with Crippen LogP contribution < -0.4 is 14.8 Å². The van der Waals surface area contributed by atoms with Crippen molar-refractivity contribution in [2.45, 2.75) is 45.4 Å². The molecule has 28 heavy (non-hydrogen) atoms. The number of esters is 1. The number of carbonyl (C=O) groups excluding carboxylic acids is 2. The standard InChI is InChI=1S/C21H22BrNO5/c1-3-7-26-21(25)18-11(2)23-14-5-4-6-15(24)20(14)19(18)12-8-16-17(9-13(12)22)28-10-27-16/h8-9,19,23H,3-7,10H2,1-2H3. The summed E-state index contributed by atoms with van der Waals surface area (Å²) in [7, 11) is 0. The number of nitrogens with one attached hydrogen (secondary N) is 1. The van der Waals surface area contributed by atoms with E-state index in [-0.39, 0.29) is 12.6 Å². The molecule has 1 aromatic carbocycles. The van der Waals surface area contributed by atoms with Crippen LogP contribution in [0, 0.1) is 0 Å². The molecule has 3 aliphatic rings. The predicted molar refractivity (Wildman–Crippen MR) is 106 cm³/mol. The highest BCUT2D eigenvalue weighted by Gasteiger charge is 2.40. The average Bonchev–Trinajstić information content (AvgIpc) is 3.11. The molecule has 4 rings (SSSR count). The van der Waals surface area contributed by atoms with E-state index in [2.05, 4.69) is 21.2 Å². The van der Waals surface area contributed by atoms with Gasteiger partial charge in [0, 0.05) is 33.8 Å². The van der Waals surface area contributed by atoms with Crippen LogP contribution in [0.5, 0.6) is 11.5 Å². The molecule has 2 aliphatic heterocycles. The van der Waals surface area contributed by atoms with E-state index >= 15 is 0 Å². The quantitative estimate of drug-likeness (QED) is 0.700. The van der Waals surface area contributed by atoms with Crippen molar-refractivity contribution >= 4 is 27.7 Å². The number of rotatable bonds is 4. The first kappa shape index (κ1) is 19.1. The Balaban J connectivity index is 1.87. The molecule has 148 valence electrons. The van der Waals surface area contributed by atoms with Crippen molar-refractivity contribution in [2.24, 2.45) is 0 Å². The third-order valence-electron chi connectivity index (χ3n) is 5.24. The lowest BCUT2D eigenvalue weighted by molar-refractivity contribution is -0.139. The number of benzene rings is 1. The van der Waals surface area contributed by atoms with Crippen LogP contribution in [0.2, 0.25) is 0 Å². The van der Waals surface area contributed by atoms with Gasteiger partial charge in [-0.2, -0.15) is 0 Å². The average molecular weight is 448 g/mol. The Morgan fingerprint density at radius 1 is 1.29 bits per heavy atom. The number of halogens is 1. The summed E-state index contributed by atoms with van der Waals surface area (Å²) in [6.07, 6.45) is 2.81. The molecular weight excluding hydrogens is 426 g/mol. The molecule has 0 bridgehead atoms. The van der Waals surface area contributed by atoms with Gasteiger partial charge in [0.2, 0.25) is 6.79 Å². The lowest BCUT2D eigenvalue weighted by Gasteiger charge is -2.34. The van der Waals surface area contributed by atoms with E-state index in [1.54, 1.807) is 0 Å². The summed E-state index contributed by atoms with van der Waals surface area (Å²) in [6.45, 7) is 4.30. The highest BCUT2D eigenvalue weighted by atomic mass is 79.9. The molecule has 1 aromatic rings. The second-order valence-electron chi connectivity index (χ2n) is 7.13. The van der Waals surface area contributed by atoms with Crippen molar-refractivity contribution in [1.82, 2.24) is 5.32 Å². The van der Waals surface area contributed by atoms with Crippen molar-refractivity contribution in [1.29, 1.82) is 0 Å². The maximum atomic E-state index is 13.0. The SMILES string of the molecule is CCCOC(=O)C1=C(C)NC2=C(C(=O)CCC2)C1c1cc2c(cc1Br)OCO2. The zero-order chi connectivity index (χ0) is 19.8. The molecule has 1 atom stereocenters. The van der Waals surface area contributed by atoms with Gasteiger partial charge in [0.05, 0.1) is 12.2 Å². The lowest BCUT2D eigenvalue weighted by Crippen LogP contribution is -2.34. The van der Waals surface area contributed by atoms with Crippen LogP contribution in [-0.4, -0.2) is 25.2 Å². The number of fused-ring (bicyclic) bond motifs is 1. The number of hydrogen-bond donors (Lipinski definition) is 1. The first-order valence-corrected chi connectivity index (χ1v) is 10.3. The minimum Gasteiger partial charge on any atom is -0.462 e. The van der Waals surface area contributed by atoms with E-state index in [9.17, 15) is 9.59 Å². The van der Waals surface area contributed by atoms with Crippen molar-refractivity contribution in [2.75, 3.05) is 13.4 Å². The van der Waals surface area contributed by atoms with Crippen molar-refractivity contribution in [3.8, 4) is 11.5 Å². The monoisotopic (exact) mass is 447 g/mol. The second kappa shape index (κ2) is 7.62. The molecule has 0 amide bonds. The maximum Gasteiger partial charge on any atom is 0.336 e. The van der Waals surface area contributed by atoms with Crippen LogP contribution in [0.15, 0.2) is 39.1 Å². The van der Waals surface area contributed by atoms with Gasteiger partial charge in [0.25, 0.3) is 0 Å². The predicted octanol–water partition coefficient (Wildman–Crippen LogP) is 4.10. The van der Waals surface area contributed by atoms with Crippen LogP contribution in [0.3, 0.4) is 0 Å². The Labute approximate surface area is 172 Å². The Bertz CT molecular complexity index is 918. The summed E-state index contributed by atoms with van der Waals surface area (Å²) >= 11 is 3.61. The fourth-order valence-corrected chi connectivity index (χ4v) is 4.54. The van der Waals surface area contributed by atoms with Crippen LogP contribution in [-0.2, 0) is 14.3 Å². The third-order valence-corrected chi connectivity index (χ3v) is 5.92. The molecule has 1 N–H and O–H groups in total. The van der Waals surface area contributed by atoms with Gasteiger partial charge in [-0.3, -0.25) is 4.79 Å². The van der Waals surface area contributed by atoms with Gasteiger partial charge < -0.3 is 19.5 Å². The van der Waals surface area contributed by atoms with Gasteiger partial charge in [-0.15, -0.1) is 0 Å². The molecule has 0 radical (unpaired) electrons. The zero-order valence-corrected chi connectivity index (χ0v) is 17.5. The number of ketones is 1. The largest absolute Gasteiger partial charge is 0.462 e. The molecule has 1 unspecified atom stereocenters. The number of ether oxygens (including phenoxy) is 3. The first-order valence-electron chi connectivity index (χ1n) is 9.51. The topological polar surface area (TPSA) is 73.9 Å². The van der Waals surface area contributed by atoms with Crippen LogP contribution in [0.25, 0.3) is 0 Å². The van der Waals surface area contributed by atoms with Gasteiger partial charge >= 0.3 is 5.97 Å². The molecule has 7 heteroatoms. The van der Waals surface area contributed by atoms with Crippen molar-refractivity contribution in [3.05, 3.63) is 44.7 Å². The van der Waals surface area contributed by atoms with E-state index in [1.165, 1.54) is 0 Å². The van der Waals surface area contributed by atoms with Gasteiger partial charge in [-0.25, -0.2) is 4.79 Å². The summed E-state index contributed by atoms with van der Waals surface area (Å²) in [6, 6.07) is 3.69. The Morgan fingerprint density at radius 2 is 2.04 bits per heavy atom. The van der Waals surface area contributed by atoms with Crippen molar-refractivity contribution < 1.29 is 23.8 Å². The summed E-state index contributed by atoms with van der Waals surface area (Å²) in [5.41, 5.74) is 3.55. The molecular formula is C21H22BrNO5. The summed E-state index contributed by atoms with van der Waals surface area (Å²) < 4.78 is 17.2. The van der Waals surface area contributed by atoms with Crippen LogP contribution in [0.4, 0.5) is 0 Å². The fraction of sp³-hybridized carbons (Fsp3) is 0.429. The normalized spacial score (nSPS) is 20.8. The maximum absolute atomic E-state index is 13.0. The number of Topliss-reactive ketones (excluding diaryl/α,β-unsaturated/α-hetero) is 1. The van der Waals surface area contributed by atoms with Gasteiger partial charge in [0.1, 0.15) is 0 Å². The van der Waals surface area contributed by atoms with Gasteiger partial charge in [-0.05, 0) is 43.9 Å². The van der Waals surface area contributed by atoms with E-state index in [4.69, 9.17) is 14.2 Å². The van der Waals surface area contributed by atoms with Gasteiger partial charge in [-0.1, -0.05) is 22.9 Å². The molecule has 2 heterocycles. The van der Waals surface area contributed by atoms with E-state index < -0.39 is 11.9 Å². The minimum absolute atomic E-state index is 0.0663. The molecule has 0 spiro atoms. The van der Waals surface area contributed by atoms with E-state index in [0.29, 0.717) is 35.7 Å². The van der Waals surface area contributed by atoms with E-state index in [1.807, 2.05) is 26.0 Å². The number of allylic oxidation sites excluding steroid dienone is 3. The first-order chi connectivity index (χ1) is 13.5. The minimum atomic E-state index is -0.503. The van der Waals surface area contributed by atoms with Crippen molar-refractivity contribution in [3.63, 3.8) is 0 Å². The van der Waals surface area contributed by atoms with Gasteiger partial charge in [0.15, 0.2) is 17.3 Å². The summed E-state index contributed by atoms with van der Waals surface area (Å²) in [5, 5.41) is 3.29. The lowest BCUT2D eigenvalue weighted by atomic mass is 9.75. The summed E-state index contributed by atoms with van der Waals surface area (Å²) in [5.74, 6) is 0.422. The Kier molecular flexibility index (Phi) is 5.19. The zero-order valence-electron chi connectivity index (χ0n) is 15.9. The number of carbonyl (C=O) groups is 2. The fourth-order valence-electron chi connectivity index (χ4n) is 3.99. The molecule has 0 saturated heterocycles. The molecule has 6 nitrogen and oxygen atoms in total. The molecule has 1 aliphatic carbocycles. The second-order valence-corrected chi connectivity index (χ2v) is 7.98. The molecule has 0 fully saturated rings. The van der Waals surface area contributed by atoms with Crippen LogP contribution >= 0.6 is 15.9 Å². The number of dihydropyridines is 1. The highest BCUT2D eigenvalue weighted by Crippen LogP contribution is 2.48. The highest BCUT2D eigenvalue weighted by molar-refractivity contribution is 9.10. The smallest absolute Gasteiger partial charge is 0.336 e. The third kappa shape index (κ3) is 3.21. The number of hydrogen-bond acceptors (Lipinski definition) is 6.